The van der Waals surface area contributed by atoms with Gasteiger partial charge < -0.3 is 15.4 Å². The molecule has 1 heterocycles. The zero-order valence-electron chi connectivity index (χ0n) is 17.4. The first-order valence-electron chi connectivity index (χ1n) is 9.32. The lowest BCUT2D eigenvalue weighted by molar-refractivity contribution is -0.134. The number of imide groups is 2. The molecular weight excluding hydrogens is 376 g/mol. The van der Waals surface area contributed by atoms with E-state index >= 15 is 0 Å². The monoisotopic (exact) mass is 404 g/mol. The van der Waals surface area contributed by atoms with Gasteiger partial charge in [0.15, 0.2) is 0 Å². The SMILES string of the molecule is COc1ccc(CC[C@]2(C)NC(=O)N(CC(=O)NC(=O)NC(C)(C)C)C2=O)cc1. The fourth-order valence-corrected chi connectivity index (χ4v) is 2.93. The van der Waals surface area contributed by atoms with Crippen molar-refractivity contribution in [1.82, 2.24) is 20.9 Å². The highest BCUT2D eigenvalue weighted by Gasteiger charge is 2.47. The summed E-state index contributed by atoms with van der Waals surface area (Å²) in [6.45, 7) is 6.40. The van der Waals surface area contributed by atoms with E-state index in [1.165, 1.54) is 0 Å². The molecule has 0 aromatic heterocycles. The van der Waals surface area contributed by atoms with Gasteiger partial charge >= 0.3 is 12.1 Å². The smallest absolute Gasteiger partial charge is 0.325 e. The maximum Gasteiger partial charge on any atom is 0.325 e. The van der Waals surface area contributed by atoms with Crippen LogP contribution in [0.25, 0.3) is 0 Å². The van der Waals surface area contributed by atoms with Crippen LogP contribution in [0, 0.1) is 0 Å². The van der Waals surface area contributed by atoms with Crippen LogP contribution in [0.2, 0.25) is 0 Å². The fraction of sp³-hybridized carbons (Fsp3) is 0.500. The summed E-state index contributed by atoms with van der Waals surface area (Å²) in [4.78, 5) is 49.7. The van der Waals surface area contributed by atoms with Crippen LogP contribution >= 0.6 is 0 Å². The number of carbonyl (C=O) groups is 4. The number of nitrogens with one attached hydrogen (secondary N) is 3. The molecular formula is C20H28N4O5. The molecule has 0 aliphatic carbocycles. The third-order valence-electron chi connectivity index (χ3n) is 4.46. The molecule has 158 valence electrons. The predicted molar refractivity (Wildman–Crippen MR) is 106 cm³/mol. The van der Waals surface area contributed by atoms with E-state index in [9.17, 15) is 19.2 Å². The normalized spacial score (nSPS) is 19.0. The maximum atomic E-state index is 12.8. The number of hydrogen-bond acceptors (Lipinski definition) is 5. The molecule has 6 amide bonds. The van der Waals surface area contributed by atoms with Crippen LogP contribution in [0.5, 0.6) is 5.75 Å². The molecule has 1 aromatic rings. The molecule has 0 radical (unpaired) electrons. The zero-order valence-corrected chi connectivity index (χ0v) is 17.4. The summed E-state index contributed by atoms with van der Waals surface area (Å²) in [5.74, 6) is -0.505. The molecule has 2 rings (SSSR count). The van der Waals surface area contributed by atoms with Crippen molar-refractivity contribution in [1.29, 1.82) is 0 Å². The molecule has 9 heteroatoms. The van der Waals surface area contributed by atoms with Gasteiger partial charge in [-0.3, -0.25) is 19.8 Å². The van der Waals surface area contributed by atoms with Gasteiger partial charge in [-0.05, 0) is 58.2 Å². The van der Waals surface area contributed by atoms with Crippen molar-refractivity contribution in [2.45, 2.75) is 51.6 Å². The summed E-state index contributed by atoms with van der Waals surface area (Å²) >= 11 is 0. The van der Waals surface area contributed by atoms with Crippen molar-refractivity contribution >= 4 is 23.9 Å². The zero-order chi connectivity index (χ0) is 21.8. The summed E-state index contributed by atoms with van der Waals surface area (Å²) < 4.78 is 5.12. The Morgan fingerprint density at radius 3 is 2.34 bits per heavy atom. The lowest BCUT2D eigenvalue weighted by atomic mass is 9.93. The van der Waals surface area contributed by atoms with Crippen LogP contribution < -0.4 is 20.7 Å². The van der Waals surface area contributed by atoms with Crippen molar-refractivity contribution < 1.29 is 23.9 Å². The van der Waals surface area contributed by atoms with Crippen LogP contribution in [-0.2, 0) is 16.0 Å². The number of carbonyl (C=O) groups excluding carboxylic acids is 4. The van der Waals surface area contributed by atoms with Crippen LogP contribution in [0.4, 0.5) is 9.59 Å². The summed E-state index contributed by atoms with van der Waals surface area (Å²) in [6, 6.07) is 6.10. The Balaban J connectivity index is 1.94. The average molecular weight is 404 g/mol. The lowest BCUT2D eigenvalue weighted by Gasteiger charge is -2.22. The van der Waals surface area contributed by atoms with E-state index in [0.717, 1.165) is 16.2 Å². The Bertz CT molecular complexity index is 800. The molecule has 9 nitrogen and oxygen atoms in total. The van der Waals surface area contributed by atoms with Crippen LogP contribution in [0.3, 0.4) is 0 Å². The highest BCUT2D eigenvalue weighted by molar-refractivity contribution is 6.09. The van der Waals surface area contributed by atoms with Gasteiger partial charge in [0.1, 0.15) is 17.8 Å². The number of rotatable bonds is 6. The second kappa shape index (κ2) is 8.50. The van der Waals surface area contributed by atoms with Crippen LogP contribution in [0.1, 0.15) is 39.7 Å². The first kappa shape index (κ1) is 22.2. The summed E-state index contributed by atoms with van der Waals surface area (Å²) in [7, 11) is 1.58. The lowest BCUT2D eigenvalue weighted by Crippen LogP contribution is -2.51. The Kier molecular flexibility index (Phi) is 6.51. The van der Waals surface area contributed by atoms with Gasteiger partial charge in [-0.1, -0.05) is 12.1 Å². The van der Waals surface area contributed by atoms with Gasteiger partial charge in [-0.25, -0.2) is 9.59 Å². The van der Waals surface area contributed by atoms with Gasteiger partial charge in [-0.2, -0.15) is 0 Å². The molecule has 0 bridgehead atoms. The molecule has 0 saturated carbocycles. The van der Waals surface area contributed by atoms with E-state index in [0.29, 0.717) is 12.8 Å². The second-order valence-electron chi connectivity index (χ2n) is 8.25. The molecule has 1 saturated heterocycles. The second-order valence-corrected chi connectivity index (χ2v) is 8.25. The molecule has 0 spiro atoms. The summed E-state index contributed by atoms with van der Waals surface area (Å²) in [5, 5.41) is 7.35. The Labute approximate surface area is 170 Å². The minimum absolute atomic E-state index is 0.368. The van der Waals surface area contributed by atoms with Gasteiger partial charge in [-0.15, -0.1) is 0 Å². The molecule has 0 unspecified atom stereocenters. The first-order chi connectivity index (χ1) is 13.4. The van der Waals surface area contributed by atoms with Gasteiger partial charge in [0, 0.05) is 5.54 Å². The third kappa shape index (κ3) is 5.94. The largest absolute Gasteiger partial charge is 0.497 e. The highest BCUT2D eigenvalue weighted by atomic mass is 16.5. The Morgan fingerprint density at radius 2 is 1.79 bits per heavy atom. The molecule has 3 N–H and O–H groups in total. The standard InChI is InChI=1S/C20H28N4O5/c1-19(2,3)22-17(27)21-15(25)12-24-16(26)20(4,23-18(24)28)11-10-13-6-8-14(29-5)9-7-13/h6-9H,10-12H2,1-5H3,(H,23,28)(H2,21,22,25,27)/t20-/m0/s1. The molecule has 1 fully saturated rings. The highest BCUT2D eigenvalue weighted by Crippen LogP contribution is 2.24. The Morgan fingerprint density at radius 1 is 1.17 bits per heavy atom. The number of ether oxygens (including phenoxy) is 1. The van der Waals surface area contributed by atoms with E-state index in [1.54, 1.807) is 34.8 Å². The molecule has 1 aromatic carbocycles. The number of benzene rings is 1. The van der Waals surface area contributed by atoms with E-state index in [1.807, 2.05) is 24.3 Å². The first-order valence-corrected chi connectivity index (χ1v) is 9.32. The fourth-order valence-electron chi connectivity index (χ4n) is 2.93. The Hall–Kier alpha value is -3.10. The summed E-state index contributed by atoms with van der Waals surface area (Å²) in [6.07, 6.45) is 0.924. The number of nitrogens with zero attached hydrogens (tertiary/aromatic N) is 1. The number of hydrogen-bond donors (Lipinski definition) is 3. The molecule has 1 atom stereocenters. The van der Waals surface area contributed by atoms with Crippen molar-refractivity contribution in [3.05, 3.63) is 29.8 Å². The summed E-state index contributed by atoms with van der Waals surface area (Å²) in [5.41, 5.74) is -0.653. The quantitative estimate of drug-likeness (QED) is 0.622. The van der Waals surface area contributed by atoms with E-state index < -0.39 is 41.5 Å². The average Bonchev–Trinajstić information content (AvgIpc) is 2.82. The van der Waals surface area contributed by atoms with Crippen LogP contribution in [-0.4, -0.2) is 53.5 Å². The molecule has 29 heavy (non-hydrogen) atoms. The molecule has 1 aliphatic heterocycles. The van der Waals surface area contributed by atoms with Crippen molar-refractivity contribution in [2.24, 2.45) is 0 Å². The topological polar surface area (TPSA) is 117 Å². The van der Waals surface area contributed by atoms with E-state index in [2.05, 4.69) is 16.0 Å². The van der Waals surface area contributed by atoms with Crippen molar-refractivity contribution in [3.8, 4) is 5.75 Å². The number of urea groups is 2. The van der Waals surface area contributed by atoms with Crippen molar-refractivity contribution in [2.75, 3.05) is 13.7 Å². The number of amides is 6. The molecule has 1 aliphatic rings. The van der Waals surface area contributed by atoms with Gasteiger partial charge in [0.25, 0.3) is 5.91 Å². The third-order valence-corrected chi connectivity index (χ3v) is 4.46. The predicted octanol–water partition coefficient (Wildman–Crippen LogP) is 1.56. The number of methoxy groups -OCH3 is 1. The minimum Gasteiger partial charge on any atom is -0.497 e. The van der Waals surface area contributed by atoms with Crippen molar-refractivity contribution in [3.63, 3.8) is 0 Å². The maximum absolute atomic E-state index is 12.8. The minimum atomic E-state index is -1.12. The van der Waals surface area contributed by atoms with Gasteiger partial charge in [0.05, 0.1) is 7.11 Å². The van der Waals surface area contributed by atoms with Crippen LogP contribution in [0.15, 0.2) is 24.3 Å². The van der Waals surface area contributed by atoms with E-state index in [4.69, 9.17) is 4.74 Å². The van der Waals surface area contributed by atoms with Gasteiger partial charge in [0.2, 0.25) is 5.91 Å². The number of aryl methyl sites for hydroxylation is 1. The van der Waals surface area contributed by atoms with E-state index in [-0.39, 0.29) is 0 Å².